The third-order valence-corrected chi connectivity index (χ3v) is 3.58. The van der Waals surface area contributed by atoms with E-state index >= 15 is 0 Å². The molecule has 2 nitrogen and oxygen atoms in total. The van der Waals surface area contributed by atoms with Gasteiger partial charge >= 0.3 is 0 Å². The standard InChI is InChI=1S/C11H9BrClF2NO/c12-8-4-9(13)7(3-10(8)15)11(17)16-2-1-6(14)5-16/h3-4,6H,1-2,5H2/t6-/m1/s1. The van der Waals surface area contributed by atoms with E-state index in [2.05, 4.69) is 15.9 Å². The van der Waals surface area contributed by atoms with E-state index in [9.17, 15) is 13.6 Å². The molecule has 0 bridgehead atoms. The van der Waals surface area contributed by atoms with Crippen LogP contribution in [0, 0.1) is 5.82 Å². The summed E-state index contributed by atoms with van der Waals surface area (Å²) in [7, 11) is 0. The lowest BCUT2D eigenvalue weighted by molar-refractivity contribution is 0.0782. The number of carbonyl (C=O) groups excluding carboxylic acids is 1. The first-order chi connectivity index (χ1) is 7.99. The van der Waals surface area contributed by atoms with Crippen LogP contribution in [0.15, 0.2) is 16.6 Å². The number of nitrogens with zero attached hydrogens (tertiary/aromatic N) is 1. The van der Waals surface area contributed by atoms with Crippen LogP contribution in [0.1, 0.15) is 16.8 Å². The van der Waals surface area contributed by atoms with Gasteiger partial charge in [0, 0.05) is 6.54 Å². The highest BCUT2D eigenvalue weighted by Gasteiger charge is 2.28. The summed E-state index contributed by atoms with van der Waals surface area (Å²) in [5, 5.41) is 0.158. The van der Waals surface area contributed by atoms with E-state index in [-0.39, 0.29) is 21.6 Å². The van der Waals surface area contributed by atoms with Crippen molar-refractivity contribution in [3.8, 4) is 0 Å². The molecule has 2 rings (SSSR count). The van der Waals surface area contributed by atoms with E-state index in [4.69, 9.17) is 11.6 Å². The van der Waals surface area contributed by atoms with Gasteiger partial charge in [0.05, 0.1) is 21.6 Å². The quantitative estimate of drug-likeness (QED) is 0.725. The maximum absolute atomic E-state index is 13.3. The van der Waals surface area contributed by atoms with Crippen LogP contribution in [0.25, 0.3) is 0 Å². The molecule has 1 aliphatic rings. The first kappa shape index (κ1) is 12.8. The molecule has 0 aromatic heterocycles. The van der Waals surface area contributed by atoms with Crippen molar-refractivity contribution in [1.82, 2.24) is 4.90 Å². The molecule has 0 unspecified atom stereocenters. The molecule has 1 amide bonds. The molecule has 1 aromatic carbocycles. The number of carbonyl (C=O) groups is 1. The van der Waals surface area contributed by atoms with Gasteiger partial charge < -0.3 is 4.90 Å². The van der Waals surface area contributed by atoms with Crippen LogP contribution >= 0.6 is 27.5 Å². The summed E-state index contributed by atoms with van der Waals surface area (Å²) in [6.45, 7) is 0.390. The molecular formula is C11H9BrClF2NO. The maximum Gasteiger partial charge on any atom is 0.255 e. The van der Waals surface area contributed by atoms with Gasteiger partial charge in [-0.15, -0.1) is 0 Å². The van der Waals surface area contributed by atoms with Gasteiger partial charge in [-0.25, -0.2) is 8.78 Å². The van der Waals surface area contributed by atoms with Crippen molar-refractivity contribution in [1.29, 1.82) is 0 Å². The van der Waals surface area contributed by atoms with Crippen molar-refractivity contribution < 1.29 is 13.6 Å². The Kier molecular flexibility index (Phi) is 3.68. The molecule has 1 fully saturated rings. The largest absolute Gasteiger partial charge is 0.336 e. The molecular weight excluding hydrogens is 315 g/mol. The van der Waals surface area contributed by atoms with Gasteiger partial charge in [-0.05, 0) is 34.5 Å². The molecule has 0 N–H and O–H groups in total. The summed E-state index contributed by atoms with van der Waals surface area (Å²) < 4.78 is 26.5. The molecule has 0 radical (unpaired) electrons. The number of benzene rings is 1. The Morgan fingerprint density at radius 3 is 2.82 bits per heavy atom. The Bertz CT molecular complexity index is 469. The monoisotopic (exact) mass is 323 g/mol. The zero-order valence-electron chi connectivity index (χ0n) is 8.72. The minimum atomic E-state index is -1.00. The van der Waals surface area contributed by atoms with E-state index < -0.39 is 17.9 Å². The van der Waals surface area contributed by atoms with Gasteiger partial charge in [-0.1, -0.05) is 11.6 Å². The fourth-order valence-corrected chi connectivity index (χ4v) is 2.48. The summed E-state index contributed by atoms with van der Waals surface area (Å²) in [4.78, 5) is 13.3. The summed E-state index contributed by atoms with van der Waals surface area (Å²) >= 11 is 8.85. The number of alkyl halides is 1. The third kappa shape index (κ3) is 2.60. The lowest BCUT2D eigenvalue weighted by atomic mass is 10.2. The molecule has 17 heavy (non-hydrogen) atoms. The van der Waals surface area contributed by atoms with Crippen LogP contribution in [0.5, 0.6) is 0 Å². The zero-order chi connectivity index (χ0) is 12.6. The van der Waals surface area contributed by atoms with Crippen LogP contribution in [0.3, 0.4) is 0 Å². The SMILES string of the molecule is O=C(c1cc(F)c(Br)cc1Cl)N1CC[C@@H](F)C1. The first-order valence-electron chi connectivity index (χ1n) is 5.07. The minimum absolute atomic E-state index is 0.0485. The number of hydrogen-bond donors (Lipinski definition) is 0. The molecule has 1 aromatic rings. The van der Waals surface area contributed by atoms with Gasteiger partial charge in [-0.2, -0.15) is 0 Å². The van der Waals surface area contributed by atoms with E-state index in [0.29, 0.717) is 13.0 Å². The summed E-state index contributed by atoms with van der Waals surface area (Å²) in [6, 6.07) is 2.40. The highest BCUT2D eigenvalue weighted by Crippen LogP contribution is 2.27. The Hall–Kier alpha value is -0.680. The number of likely N-dealkylation sites (tertiary alicyclic amines) is 1. The normalized spacial score (nSPS) is 19.8. The van der Waals surface area contributed by atoms with Crippen molar-refractivity contribution in [3.63, 3.8) is 0 Å². The van der Waals surface area contributed by atoms with Crippen LogP contribution in [0.4, 0.5) is 8.78 Å². The van der Waals surface area contributed by atoms with Gasteiger partial charge in [0.2, 0.25) is 0 Å². The summed E-state index contributed by atoms with van der Waals surface area (Å²) in [5.74, 6) is -0.990. The zero-order valence-corrected chi connectivity index (χ0v) is 11.1. The Balaban J connectivity index is 2.28. The van der Waals surface area contributed by atoms with Gasteiger partial charge in [0.15, 0.2) is 0 Å². The smallest absolute Gasteiger partial charge is 0.255 e. The molecule has 0 aliphatic carbocycles. The topological polar surface area (TPSA) is 20.3 Å². The van der Waals surface area contributed by atoms with E-state index in [1.165, 1.54) is 11.0 Å². The molecule has 6 heteroatoms. The highest BCUT2D eigenvalue weighted by molar-refractivity contribution is 9.10. The molecule has 92 valence electrons. The van der Waals surface area contributed by atoms with Crippen molar-refractivity contribution in [2.24, 2.45) is 0 Å². The molecule has 1 saturated heterocycles. The second-order valence-electron chi connectivity index (χ2n) is 3.88. The average molecular weight is 325 g/mol. The fraction of sp³-hybridized carbons (Fsp3) is 0.364. The molecule has 1 aliphatic heterocycles. The second kappa shape index (κ2) is 4.90. The van der Waals surface area contributed by atoms with E-state index in [0.717, 1.165) is 6.07 Å². The maximum atomic E-state index is 13.3. The minimum Gasteiger partial charge on any atom is -0.336 e. The van der Waals surface area contributed by atoms with E-state index in [1.54, 1.807) is 0 Å². The molecule has 0 spiro atoms. The molecule has 1 heterocycles. The predicted molar refractivity (Wildman–Crippen MR) is 64.5 cm³/mol. The lowest BCUT2D eigenvalue weighted by Crippen LogP contribution is -2.29. The van der Waals surface area contributed by atoms with Crippen LogP contribution < -0.4 is 0 Å². The highest BCUT2D eigenvalue weighted by atomic mass is 79.9. The summed E-state index contributed by atoms with van der Waals surface area (Å²) in [5.41, 5.74) is 0.0708. The molecule has 1 atom stereocenters. The number of rotatable bonds is 1. The van der Waals surface area contributed by atoms with Crippen molar-refractivity contribution in [2.45, 2.75) is 12.6 Å². The van der Waals surface area contributed by atoms with Gasteiger partial charge in [0.25, 0.3) is 5.91 Å². The van der Waals surface area contributed by atoms with Crippen molar-refractivity contribution >= 4 is 33.4 Å². The van der Waals surface area contributed by atoms with E-state index in [1.807, 2.05) is 0 Å². The predicted octanol–water partition coefficient (Wildman–Crippen LogP) is 3.43. The Labute approximate surface area is 111 Å². The van der Waals surface area contributed by atoms with Crippen LogP contribution in [0.2, 0.25) is 5.02 Å². The number of halogens is 4. The van der Waals surface area contributed by atoms with Gasteiger partial charge in [0.1, 0.15) is 12.0 Å². The Morgan fingerprint density at radius 1 is 1.53 bits per heavy atom. The number of hydrogen-bond acceptors (Lipinski definition) is 1. The summed E-state index contributed by atoms with van der Waals surface area (Å²) in [6.07, 6.45) is -0.680. The van der Waals surface area contributed by atoms with Crippen molar-refractivity contribution in [3.05, 3.63) is 33.0 Å². The number of amides is 1. The van der Waals surface area contributed by atoms with Crippen molar-refractivity contribution in [2.75, 3.05) is 13.1 Å². The van der Waals surface area contributed by atoms with Crippen LogP contribution in [-0.4, -0.2) is 30.1 Å². The third-order valence-electron chi connectivity index (χ3n) is 2.66. The average Bonchev–Trinajstić information content (AvgIpc) is 2.69. The Morgan fingerprint density at radius 2 is 2.24 bits per heavy atom. The second-order valence-corrected chi connectivity index (χ2v) is 5.14. The lowest BCUT2D eigenvalue weighted by Gasteiger charge is -2.16. The first-order valence-corrected chi connectivity index (χ1v) is 6.24. The van der Waals surface area contributed by atoms with Gasteiger partial charge in [-0.3, -0.25) is 4.79 Å². The van der Waals surface area contributed by atoms with Crippen LogP contribution in [-0.2, 0) is 0 Å². The fourth-order valence-electron chi connectivity index (χ4n) is 1.76. The molecule has 0 saturated carbocycles.